The van der Waals surface area contributed by atoms with Gasteiger partial charge in [-0.2, -0.15) is 10.4 Å². The molecule has 0 aliphatic rings. The van der Waals surface area contributed by atoms with Crippen LogP contribution in [0.2, 0.25) is 0 Å². The Morgan fingerprint density at radius 1 is 1.47 bits per heavy atom. The molecule has 1 aromatic heterocycles. The summed E-state index contributed by atoms with van der Waals surface area (Å²) in [6.45, 7) is 0. The molecule has 0 saturated heterocycles. The number of nitrogen functional groups attached to an aromatic ring is 1. The van der Waals surface area contributed by atoms with Crippen LogP contribution in [0.3, 0.4) is 0 Å². The maximum absolute atomic E-state index is 11.7. The molecule has 2 aromatic rings. The third-order valence-corrected chi connectivity index (χ3v) is 3.08. The first-order valence-electron chi connectivity index (χ1n) is 5.21. The number of esters is 1. The number of benzene rings is 1. The second kappa shape index (κ2) is 5.12. The first-order chi connectivity index (χ1) is 9.08. The maximum Gasteiger partial charge on any atom is 0.359 e. The van der Waals surface area contributed by atoms with Gasteiger partial charge in [0.15, 0.2) is 10.3 Å². The first kappa shape index (κ1) is 13.1. The molecule has 0 aliphatic heterocycles. The molecule has 0 fully saturated rings. The normalized spacial score (nSPS) is 9.95. The van der Waals surface area contributed by atoms with E-state index in [1.165, 1.54) is 11.8 Å². The van der Waals surface area contributed by atoms with Crippen LogP contribution in [0.1, 0.15) is 16.1 Å². The highest BCUT2D eigenvalue weighted by Gasteiger charge is 2.22. The van der Waals surface area contributed by atoms with Crippen LogP contribution in [0.4, 0.5) is 5.69 Å². The number of hydrogen-bond acceptors (Lipinski definition) is 5. The van der Waals surface area contributed by atoms with Crippen molar-refractivity contribution in [3.8, 4) is 11.8 Å². The van der Waals surface area contributed by atoms with Crippen LogP contribution >= 0.6 is 15.9 Å². The number of halogens is 1. The van der Waals surface area contributed by atoms with Crippen LogP contribution in [0.15, 0.2) is 28.9 Å². The zero-order chi connectivity index (χ0) is 14.0. The lowest BCUT2D eigenvalue weighted by Crippen LogP contribution is -2.12. The predicted octanol–water partition coefficient (Wildman–Crippen LogP) is 1.88. The van der Waals surface area contributed by atoms with E-state index in [-0.39, 0.29) is 11.4 Å². The van der Waals surface area contributed by atoms with Crippen LogP contribution in [-0.4, -0.2) is 22.9 Å². The Morgan fingerprint density at radius 3 is 2.63 bits per heavy atom. The van der Waals surface area contributed by atoms with Crippen molar-refractivity contribution in [2.75, 3.05) is 12.8 Å². The summed E-state index contributed by atoms with van der Waals surface area (Å²) in [6.07, 6.45) is 0. The van der Waals surface area contributed by atoms with Gasteiger partial charge in [-0.3, -0.25) is 0 Å². The van der Waals surface area contributed by atoms with Crippen molar-refractivity contribution < 1.29 is 9.53 Å². The van der Waals surface area contributed by atoms with Gasteiger partial charge in [0.1, 0.15) is 5.69 Å². The van der Waals surface area contributed by atoms with Crippen molar-refractivity contribution in [3.05, 3.63) is 40.1 Å². The highest BCUT2D eigenvalue weighted by Crippen LogP contribution is 2.26. The van der Waals surface area contributed by atoms with E-state index in [0.29, 0.717) is 15.9 Å². The lowest BCUT2D eigenvalue weighted by molar-refractivity contribution is 0.0591. The lowest BCUT2D eigenvalue weighted by Gasteiger charge is -2.06. The smallest absolute Gasteiger partial charge is 0.359 e. The molecule has 0 amide bonds. The minimum atomic E-state index is -0.583. The number of rotatable bonds is 2. The van der Waals surface area contributed by atoms with E-state index >= 15 is 0 Å². The first-order valence-corrected chi connectivity index (χ1v) is 6.00. The number of nitrogens with two attached hydrogens (primary N) is 1. The van der Waals surface area contributed by atoms with E-state index in [4.69, 9.17) is 11.0 Å². The molecule has 0 bridgehead atoms. The number of carbonyl (C=O) groups excluding carboxylic acids is 1. The van der Waals surface area contributed by atoms with Crippen molar-refractivity contribution in [2.45, 2.75) is 0 Å². The summed E-state index contributed by atoms with van der Waals surface area (Å²) in [7, 11) is 1.27. The van der Waals surface area contributed by atoms with E-state index in [2.05, 4.69) is 25.8 Å². The average Bonchev–Trinajstić information content (AvgIpc) is 2.74. The fourth-order valence-corrected chi connectivity index (χ4v) is 1.91. The Morgan fingerprint density at radius 2 is 2.11 bits per heavy atom. The van der Waals surface area contributed by atoms with Crippen LogP contribution < -0.4 is 5.73 Å². The summed E-state index contributed by atoms with van der Waals surface area (Å²) in [5.41, 5.74) is 7.26. The van der Waals surface area contributed by atoms with Crippen LogP contribution in [0.5, 0.6) is 0 Å². The molecule has 0 radical (unpaired) electrons. The number of nitrogens with zero attached hydrogens (tertiary/aromatic N) is 3. The van der Waals surface area contributed by atoms with Crippen LogP contribution in [0, 0.1) is 11.3 Å². The lowest BCUT2D eigenvalue weighted by atomic mass is 10.2. The number of aromatic nitrogens is 2. The number of ether oxygens (including phenoxy) is 1. The average molecular weight is 321 g/mol. The van der Waals surface area contributed by atoms with Gasteiger partial charge in [-0.05, 0) is 40.2 Å². The van der Waals surface area contributed by atoms with Gasteiger partial charge < -0.3 is 10.5 Å². The van der Waals surface area contributed by atoms with Gasteiger partial charge in [0, 0.05) is 0 Å². The molecule has 2 rings (SSSR count). The highest BCUT2D eigenvalue weighted by atomic mass is 79.9. The van der Waals surface area contributed by atoms with Crippen molar-refractivity contribution in [1.82, 2.24) is 9.78 Å². The van der Waals surface area contributed by atoms with E-state index < -0.39 is 5.97 Å². The summed E-state index contributed by atoms with van der Waals surface area (Å²) < 4.78 is 6.41. The van der Waals surface area contributed by atoms with Gasteiger partial charge in [0.25, 0.3) is 0 Å². The van der Waals surface area contributed by atoms with Gasteiger partial charge >= 0.3 is 5.97 Å². The molecule has 0 aliphatic carbocycles. The molecule has 0 saturated carbocycles. The SMILES string of the molecule is COC(=O)c1c(N)c(Br)nn1-c1ccc(C#N)cc1. The van der Waals surface area contributed by atoms with Crippen molar-refractivity contribution in [1.29, 1.82) is 5.26 Å². The van der Waals surface area contributed by atoms with E-state index in [0.717, 1.165) is 0 Å². The Bertz CT molecular complexity index is 670. The third-order valence-electron chi connectivity index (χ3n) is 2.50. The summed E-state index contributed by atoms with van der Waals surface area (Å²) in [5, 5.41) is 12.9. The number of hydrogen-bond donors (Lipinski definition) is 1. The maximum atomic E-state index is 11.7. The molecule has 0 unspecified atom stereocenters. The Labute approximate surface area is 117 Å². The number of methoxy groups -OCH3 is 1. The molecule has 19 heavy (non-hydrogen) atoms. The number of anilines is 1. The van der Waals surface area contributed by atoms with E-state index in [1.54, 1.807) is 24.3 Å². The molecule has 96 valence electrons. The Kier molecular flexibility index (Phi) is 3.53. The van der Waals surface area contributed by atoms with Crippen molar-refractivity contribution in [3.63, 3.8) is 0 Å². The molecule has 7 heteroatoms. The molecule has 2 N–H and O–H groups in total. The molecule has 0 atom stereocenters. The summed E-state index contributed by atoms with van der Waals surface area (Å²) >= 11 is 3.17. The van der Waals surface area contributed by atoms with Crippen LogP contribution in [0.25, 0.3) is 5.69 Å². The monoisotopic (exact) mass is 320 g/mol. The van der Waals surface area contributed by atoms with Gasteiger partial charge in [0.2, 0.25) is 0 Å². The third kappa shape index (κ3) is 2.30. The summed E-state index contributed by atoms with van der Waals surface area (Å²) in [6, 6.07) is 8.61. The van der Waals surface area contributed by atoms with Gasteiger partial charge in [0.05, 0.1) is 24.4 Å². The largest absolute Gasteiger partial charge is 0.464 e. The Hall–Kier alpha value is -2.33. The second-order valence-electron chi connectivity index (χ2n) is 3.62. The Balaban J connectivity index is 2.58. The molecule has 6 nitrogen and oxygen atoms in total. The topological polar surface area (TPSA) is 93.9 Å². The molecular formula is C12H9BrN4O2. The van der Waals surface area contributed by atoms with Gasteiger partial charge in [-0.1, -0.05) is 0 Å². The fourth-order valence-electron chi connectivity index (χ4n) is 1.56. The zero-order valence-electron chi connectivity index (χ0n) is 9.92. The fraction of sp³-hybridized carbons (Fsp3) is 0.0833. The quantitative estimate of drug-likeness (QED) is 0.852. The van der Waals surface area contributed by atoms with Crippen molar-refractivity contribution in [2.24, 2.45) is 0 Å². The van der Waals surface area contributed by atoms with Gasteiger partial charge in [-0.15, -0.1) is 0 Å². The molecule has 1 heterocycles. The molecule has 0 spiro atoms. The number of carbonyl (C=O) groups is 1. The summed E-state index contributed by atoms with van der Waals surface area (Å²) in [5.74, 6) is -0.583. The highest BCUT2D eigenvalue weighted by molar-refractivity contribution is 9.10. The standard InChI is InChI=1S/C12H9BrN4O2/c1-19-12(18)10-9(15)11(13)16-17(10)8-4-2-7(6-14)3-5-8/h2-5H,15H2,1H3. The zero-order valence-corrected chi connectivity index (χ0v) is 11.5. The molecular weight excluding hydrogens is 312 g/mol. The summed E-state index contributed by atoms with van der Waals surface area (Å²) in [4.78, 5) is 11.7. The number of nitriles is 1. The minimum Gasteiger partial charge on any atom is -0.464 e. The predicted molar refractivity (Wildman–Crippen MR) is 71.7 cm³/mol. The second-order valence-corrected chi connectivity index (χ2v) is 4.37. The van der Waals surface area contributed by atoms with E-state index in [9.17, 15) is 4.79 Å². The minimum absolute atomic E-state index is 0.138. The van der Waals surface area contributed by atoms with E-state index in [1.807, 2.05) is 6.07 Å². The van der Waals surface area contributed by atoms with Gasteiger partial charge in [-0.25, -0.2) is 9.48 Å². The van der Waals surface area contributed by atoms with Crippen LogP contribution in [-0.2, 0) is 4.74 Å². The van der Waals surface area contributed by atoms with Crippen molar-refractivity contribution >= 4 is 27.6 Å². The molecule has 1 aromatic carbocycles.